The van der Waals surface area contributed by atoms with Gasteiger partial charge in [-0.05, 0) is 54.2 Å². The van der Waals surface area contributed by atoms with Gasteiger partial charge in [-0.1, -0.05) is 26.8 Å². The summed E-state index contributed by atoms with van der Waals surface area (Å²) in [5.74, 6) is 0.483. The topological polar surface area (TPSA) is 49.7 Å². The number of carbonyl (C=O) groups excluding carboxylic acids is 1. The molecule has 0 unspecified atom stereocenters. The molecule has 0 spiro atoms. The van der Waals surface area contributed by atoms with Crippen LogP contribution in [0.15, 0.2) is 23.2 Å². The van der Waals surface area contributed by atoms with Crippen molar-refractivity contribution in [3.8, 4) is 5.75 Å². The van der Waals surface area contributed by atoms with E-state index < -0.39 is 0 Å². The highest BCUT2D eigenvalue weighted by Gasteiger charge is 2.41. The summed E-state index contributed by atoms with van der Waals surface area (Å²) in [5, 5.41) is 9.76. The van der Waals surface area contributed by atoms with Crippen LogP contribution < -0.4 is 0 Å². The van der Waals surface area contributed by atoms with E-state index in [2.05, 4.69) is 11.9 Å². The van der Waals surface area contributed by atoms with Gasteiger partial charge in [0, 0.05) is 12.8 Å². The monoisotopic (exact) mass is 287 g/mol. The number of ketones is 1. The van der Waals surface area contributed by atoms with Crippen LogP contribution in [0.5, 0.6) is 5.75 Å². The second kappa shape index (κ2) is 6.42. The second-order valence-electron chi connectivity index (χ2n) is 6.18. The normalized spacial score (nSPS) is 17.9. The van der Waals surface area contributed by atoms with E-state index in [0.29, 0.717) is 18.6 Å². The molecule has 3 nitrogen and oxygen atoms in total. The molecule has 1 N–H and O–H groups in total. The zero-order chi connectivity index (χ0) is 15.5. The summed E-state index contributed by atoms with van der Waals surface area (Å²) >= 11 is 0. The lowest BCUT2D eigenvalue weighted by molar-refractivity contribution is -0.119. The molecule has 1 aromatic rings. The van der Waals surface area contributed by atoms with Crippen molar-refractivity contribution in [1.29, 1.82) is 0 Å². The number of carbonyl (C=O) groups is 1. The van der Waals surface area contributed by atoms with Crippen LogP contribution in [0.1, 0.15) is 57.6 Å². The summed E-state index contributed by atoms with van der Waals surface area (Å²) < 4.78 is 0. The Bertz CT molecular complexity index is 544. The van der Waals surface area contributed by atoms with Gasteiger partial charge in [0.1, 0.15) is 11.8 Å². The zero-order valence-electron chi connectivity index (χ0n) is 13.2. The third-order valence-corrected chi connectivity index (χ3v) is 4.35. The number of nitrogens with zero attached hydrogens (tertiary/aromatic N) is 1. The molecule has 0 bridgehead atoms. The quantitative estimate of drug-likeness (QED) is 0.775. The highest BCUT2D eigenvalue weighted by Crippen LogP contribution is 2.49. The number of hydrogen-bond donors (Lipinski definition) is 1. The second-order valence-corrected chi connectivity index (χ2v) is 6.18. The first-order valence-electron chi connectivity index (χ1n) is 7.87. The summed E-state index contributed by atoms with van der Waals surface area (Å²) in [7, 11) is 0. The Balaban J connectivity index is 2.28. The first-order valence-corrected chi connectivity index (χ1v) is 7.87. The van der Waals surface area contributed by atoms with Gasteiger partial charge in [-0.15, -0.1) is 0 Å². The molecule has 0 aliphatic heterocycles. The number of hydrogen-bond acceptors (Lipinski definition) is 3. The lowest BCUT2D eigenvalue weighted by atomic mass is 9.88. The Morgan fingerprint density at radius 3 is 2.71 bits per heavy atom. The van der Waals surface area contributed by atoms with E-state index in [4.69, 9.17) is 0 Å². The average molecular weight is 287 g/mol. The summed E-state index contributed by atoms with van der Waals surface area (Å²) in [6.45, 7) is 6.13. The molecule has 0 radical (unpaired) electrons. The van der Waals surface area contributed by atoms with Crippen LogP contribution >= 0.6 is 0 Å². The van der Waals surface area contributed by atoms with Crippen LogP contribution in [0.2, 0.25) is 0 Å². The molecule has 2 rings (SSSR count). The highest BCUT2D eigenvalue weighted by molar-refractivity contribution is 5.85. The molecule has 1 saturated carbocycles. The van der Waals surface area contributed by atoms with Gasteiger partial charge in [0.25, 0.3) is 0 Å². The minimum Gasteiger partial charge on any atom is -0.508 e. The van der Waals surface area contributed by atoms with Crippen molar-refractivity contribution in [3.05, 3.63) is 29.3 Å². The SMILES string of the molecule is CCC=N[C@H](Cc1ccc(O)cc1C1(C)CC1)C(=O)CC. The van der Waals surface area contributed by atoms with Crippen LogP contribution in [0, 0.1) is 0 Å². The van der Waals surface area contributed by atoms with Gasteiger partial charge < -0.3 is 5.11 Å². The molecule has 114 valence electrons. The smallest absolute Gasteiger partial charge is 0.157 e. The first-order chi connectivity index (χ1) is 10.00. The molecular formula is C18H25NO2. The molecule has 0 saturated heterocycles. The van der Waals surface area contributed by atoms with E-state index in [0.717, 1.165) is 24.8 Å². The molecule has 0 heterocycles. The predicted molar refractivity (Wildman–Crippen MR) is 86.3 cm³/mol. The van der Waals surface area contributed by atoms with Gasteiger partial charge in [-0.3, -0.25) is 9.79 Å². The van der Waals surface area contributed by atoms with Crippen LogP contribution in [-0.4, -0.2) is 23.1 Å². The number of Topliss-reactive ketones (excluding diaryl/α,β-unsaturated/α-hetero) is 1. The van der Waals surface area contributed by atoms with Crippen LogP contribution in [-0.2, 0) is 16.6 Å². The van der Waals surface area contributed by atoms with Crippen LogP contribution in [0.25, 0.3) is 0 Å². The summed E-state index contributed by atoms with van der Waals surface area (Å²) in [6.07, 6.45) is 6.11. The van der Waals surface area contributed by atoms with E-state index in [9.17, 15) is 9.90 Å². The standard InChI is InChI=1S/C18H25NO2/c1-4-10-19-16(17(21)5-2)11-13-6-7-14(20)12-15(13)18(3)8-9-18/h6-7,10,12,16,20H,4-5,8-9,11H2,1-3H3/t16-/m1/s1. The Morgan fingerprint density at radius 1 is 1.43 bits per heavy atom. The van der Waals surface area contributed by atoms with Gasteiger partial charge in [0.2, 0.25) is 0 Å². The third kappa shape index (κ3) is 3.72. The van der Waals surface area contributed by atoms with Crippen LogP contribution in [0.4, 0.5) is 0 Å². The van der Waals surface area contributed by atoms with Crippen molar-refractivity contribution in [3.63, 3.8) is 0 Å². The fourth-order valence-electron chi connectivity index (χ4n) is 2.69. The molecule has 0 aromatic heterocycles. The van der Waals surface area contributed by atoms with Gasteiger partial charge in [-0.2, -0.15) is 0 Å². The molecule has 1 fully saturated rings. The minimum atomic E-state index is -0.291. The van der Waals surface area contributed by atoms with Gasteiger partial charge in [0.05, 0.1) is 0 Å². The lowest BCUT2D eigenvalue weighted by Crippen LogP contribution is -2.22. The van der Waals surface area contributed by atoms with Crippen molar-refractivity contribution in [1.82, 2.24) is 0 Å². The first kappa shape index (κ1) is 15.7. The molecule has 1 aliphatic rings. The summed E-state index contributed by atoms with van der Waals surface area (Å²) in [4.78, 5) is 16.5. The maximum atomic E-state index is 12.1. The van der Waals surface area contributed by atoms with Crippen molar-refractivity contribution < 1.29 is 9.90 Å². The van der Waals surface area contributed by atoms with Crippen LogP contribution in [0.3, 0.4) is 0 Å². The van der Waals surface area contributed by atoms with E-state index in [1.165, 1.54) is 5.56 Å². The van der Waals surface area contributed by atoms with E-state index >= 15 is 0 Å². The maximum absolute atomic E-state index is 12.1. The molecule has 1 atom stereocenters. The number of aliphatic imine (C=N–C) groups is 1. The lowest BCUT2D eigenvalue weighted by Gasteiger charge is -2.18. The molecule has 1 aliphatic carbocycles. The van der Waals surface area contributed by atoms with Gasteiger partial charge in [0.15, 0.2) is 5.78 Å². The van der Waals surface area contributed by atoms with Crippen molar-refractivity contribution in [2.45, 2.75) is 64.3 Å². The van der Waals surface area contributed by atoms with Crippen molar-refractivity contribution in [2.75, 3.05) is 0 Å². The Morgan fingerprint density at radius 2 is 2.14 bits per heavy atom. The maximum Gasteiger partial charge on any atom is 0.157 e. The number of benzene rings is 1. The molecule has 3 heteroatoms. The largest absolute Gasteiger partial charge is 0.508 e. The van der Waals surface area contributed by atoms with E-state index in [-0.39, 0.29) is 17.2 Å². The zero-order valence-corrected chi connectivity index (χ0v) is 13.2. The molecule has 1 aromatic carbocycles. The molecule has 0 amide bonds. The predicted octanol–water partition coefficient (Wildman–Crippen LogP) is 3.81. The van der Waals surface area contributed by atoms with E-state index in [1.807, 2.05) is 32.2 Å². The number of aromatic hydroxyl groups is 1. The number of phenolic OH excluding ortho intramolecular Hbond substituents is 1. The summed E-state index contributed by atoms with van der Waals surface area (Å²) in [6, 6.07) is 5.23. The Hall–Kier alpha value is -1.64. The molecule has 21 heavy (non-hydrogen) atoms. The van der Waals surface area contributed by atoms with Gasteiger partial charge in [-0.25, -0.2) is 0 Å². The number of phenols is 1. The minimum absolute atomic E-state index is 0.169. The molecular weight excluding hydrogens is 262 g/mol. The fourth-order valence-corrected chi connectivity index (χ4v) is 2.69. The average Bonchev–Trinajstić information content (AvgIpc) is 3.23. The summed E-state index contributed by atoms with van der Waals surface area (Å²) in [5.41, 5.74) is 2.50. The van der Waals surface area contributed by atoms with Crippen molar-refractivity contribution >= 4 is 12.0 Å². The van der Waals surface area contributed by atoms with E-state index in [1.54, 1.807) is 6.07 Å². The number of rotatable bonds is 7. The Labute approximate surface area is 127 Å². The fraction of sp³-hybridized carbons (Fsp3) is 0.556. The van der Waals surface area contributed by atoms with Gasteiger partial charge >= 0.3 is 0 Å². The van der Waals surface area contributed by atoms with Crippen molar-refractivity contribution in [2.24, 2.45) is 4.99 Å². The highest BCUT2D eigenvalue weighted by atomic mass is 16.3. The Kier molecular flexibility index (Phi) is 4.81. The third-order valence-electron chi connectivity index (χ3n) is 4.35.